The zero-order valence-electron chi connectivity index (χ0n) is 9.51. The Bertz CT molecular complexity index is 427. The van der Waals surface area contributed by atoms with Gasteiger partial charge in [-0.25, -0.2) is 4.39 Å². The Balaban J connectivity index is 2.31. The van der Waals surface area contributed by atoms with Crippen LogP contribution in [-0.4, -0.2) is 13.2 Å². The van der Waals surface area contributed by atoms with Crippen molar-refractivity contribution in [1.29, 1.82) is 0 Å². The van der Waals surface area contributed by atoms with Gasteiger partial charge in [0.05, 0.1) is 12.2 Å². The fraction of sp³-hybridized carbons (Fsp3) is 0.500. The van der Waals surface area contributed by atoms with Gasteiger partial charge in [0.25, 0.3) is 0 Å². The molecular formula is C12H13F4NO. The Labute approximate surface area is 102 Å². The van der Waals surface area contributed by atoms with Crippen molar-refractivity contribution >= 4 is 0 Å². The van der Waals surface area contributed by atoms with E-state index in [1.807, 2.05) is 0 Å². The largest absolute Gasteiger partial charge is 0.416 e. The average Bonchev–Trinajstić information content (AvgIpc) is 2.80. The summed E-state index contributed by atoms with van der Waals surface area (Å²) >= 11 is 0. The summed E-state index contributed by atoms with van der Waals surface area (Å²) in [7, 11) is 0. The van der Waals surface area contributed by atoms with Gasteiger partial charge in [-0.3, -0.25) is 0 Å². The lowest BCUT2D eigenvalue weighted by atomic mass is 9.92. The molecule has 0 aliphatic carbocycles. The summed E-state index contributed by atoms with van der Waals surface area (Å²) in [6.45, 7) is 0.871. The van der Waals surface area contributed by atoms with E-state index in [0.29, 0.717) is 19.6 Å². The Morgan fingerprint density at radius 2 is 2.06 bits per heavy atom. The van der Waals surface area contributed by atoms with Gasteiger partial charge >= 0.3 is 6.18 Å². The van der Waals surface area contributed by atoms with E-state index in [1.54, 1.807) is 0 Å². The highest BCUT2D eigenvalue weighted by molar-refractivity contribution is 5.29. The number of nitrogens with two attached hydrogens (primary N) is 1. The van der Waals surface area contributed by atoms with Gasteiger partial charge in [0, 0.05) is 24.1 Å². The normalized spacial score (nSPS) is 22.2. The first-order valence-corrected chi connectivity index (χ1v) is 5.59. The predicted octanol–water partition coefficient (Wildman–Crippen LogP) is 2.88. The summed E-state index contributed by atoms with van der Waals surface area (Å²) in [4.78, 5) is 0. The van der Waals surface area contributed by atoms with E-state index >= 15 is 0 Å². The molecule has 1 fully saturated rings. The van der Waals surface area contributed by atoms with Gasteiger partial charge in [-0.2, -0.15) is 13.2 Å². The van der Waals surface area contributed by atoms with Gasteiger partial charge in [0.15, 0.2) is 0 Å². The second kappa shape index (κ2) is 4.85. The zero-order valence-corrected chi connectivity index (χ0v) is 9.51. The van der Waals surface area contributed by atoms with Crippen molar-refractivity contribution < 1.29 is 22.3 Å². The van der Waals surface area contributed by atoms with Crippen LogP contribution in [0.2, 0.25) is 0 Å². The summed E-state index contributed by atoms with van der Waals surface area (Å²) in [6, 6.07) is 1.55. The molecule has 0 bridgehead atoms. The molecule has 2 atom stereocenters. The minimum Gasteiger partial charge on any atom is -0.381 e. The predicted molar refractivity (Wildman–Crippen MR) is 57.3 cm³/mol. The van der Waals surface area contributed by atoms with Crippen LogP contribution in [0.3, 0.4) is 0 Å². The molecule has 1 aliphatic heterocycles. The van der Waals surface area contributed by atoms with Crippen molar-refractivity contribution in [3.63, 3.8) is 0 Å². The first-order valence-electron chi connectivity index (χ1n) is 5.59. The summed E-state index contributed by atoms with van der Waals surface area (Å²) in [5.41, 5.74) is 4.85. The zero-order chi connectivity index (χ0) is 13.3. The quantitative estimate of drug-likeness (QED) is 0.833. The second-order valence-electron chi connectivity index (χ2n) is 4.38. The molecule has 2 N–H and O–H groups in total. The minimum atomic E-state index is -4.49. The van der Waals surface area contributed by atoms with Crippen molar-refractivity contribution in [3.05, 3.63) is 35.1 Å². The molecule has 1 aromatic rings. The molecule has 2 unspecified atom stereocenters. The van der Waals surface area contributed by atoms with E-state index in [-0.39, 0.29) is 11.5 Å². The average molecular weight is 263 g/mol. The molecule has 1 saturated heterocycles. The highest BCUT2D eigenvalue weighted by atomic mass is 19.4. The van der Waals surface area contributed by atoms with Crippen molar-refractivity contribution in [2.45, 2.75) is 18.6 Å². The molecule has 0 aromatic heterocycles. The molecule has 2 rings (SSSR count). The SMILES string of the molecule is NC(c1cc(C(F)(F)F)ccc1F)C1CCOC1. The van der Waals surface area contributed by atoms with Crippen LogP contribution >= 0.6 is 0 Å². The smallest absolute Gasteiger partial charge is 0.381 e. The molecule has 1 heterocycles. The van der Waals surface area contributed by atoms with Crippen LogP contribution in [-0.2, 0) is 10.9 Å². The highest BCUT2D eigenvalue weighted by Gasteiger charge is 2.33. The topological polar surface area (TPSA) is 35.2 Å². The molecular weight excluding hydrogens is 250 g/mol. The van der Waals surface area contributed by atoms with Crippen LogP contribution in [0.1, 0.15) is 23.6 Å². The lowest BCUT2D eigenvalue weighted by Crippen LogP contribution is -2.23. The molecule has 6 heteroatoms. The molecule has 1 aromatic carbocycles. The summed E-state index contributed by atoms with van der Waals surface area (Å²) in [5, 5.41) is 0. The summed E-state index contributed by atoms with van der Waals surface area (Å²) in [5.74, 6) is -0.842. The number of rotatable bonds is 2. The third kappa shape index (κ3) is 2.64. The van der Waals surface area contributed by atoms with Gasteiger partial charge in [0.1, 0.15) is 5.82 Å². The number of alkyl halides is 3. The van der Waals surface area contributed by atoms with Crippen molar-refractivity contribution in [2.75, 3.05) is 13.2 Å². The third-order valence-electron chi connectivity index (χ3n) is 3.16. The van der Waals surface area contributed by atoms with E-state index in [1.165, 1.54) is 0 Å². The van der Waals surface area contributed by atoms with Crippen LogP contribution in [0, 0.1) is 11.7 Å². The molecule has 0 radical (unpaired) electrons. The van der Waals surface area contributed by atoms with E-state index in [0.717, 1.165) is 18.2 Å². The van der Waals surface area contributed by atoms with Gasteiger partial charge in [-0.15, -0.1) is 0 Å². The first-order chi connectivity index (χ1) is 8.39. The highest BCUT2D eigenvalue weighted by Crippen LogP contribution is 2.34. The molecule has 1 aliphatic rings. The summed E-state index contributed by atoms with van der Waals surface area (Å²) < 4.78 is 56.3. The fourth-order valence-corrected chi connectivity index (χ4v) is 2.07. The van der Waals surface area contributed by atoms with E-state index < -0.39 is 23.6 Å². The Kier molecular flexibility index (Phi) is 3.59. The molecule has 0 saturated carbocycles. The number of hydrogen-bond acceptors (Lipinski definition) is 2. The maximum Gasteiger partial charge on any atom is 0.416 e. The number of hydrogen-bond donors (Lipinski definition) is 1. The van der Waals surface area contributed by atoms with Crippen LogP contribution in [0.5, 0.6) is 0 Å². The lowest BCUT2D eigenvalue weighted by Gasteiger charge is -2.20. The number of benzene rings is 1. The lowest BCUT2D eigenvalue weighted by molar-refractivity contribution is -0.137. The van der Waals surface area contributed by atoms with Crippen LogP contribution in [0.15, 0.2) is 18.2 Å². The van der Waals surface area contributed by atoms with Gasteiger partial charge in [-0.05, 0) is 24.6 Å². The standard InChI is InChI=1S/C12H13F4NO/c13-10-2-1-8(12(14,15)16)5-9(10)11(17)7-3-4-18-6-7/h1-2,5,7,11H,3-4,6,17H2. The monoisotopic (exact) mass is 263 g/mol. The second-order valence-corrected chi connectivity index (χ2v) is 4.38. The third-order valence-corrected chi connectivity index (χ3v) is 3.16. The van der Waals surface area contributed by atoms with Crippen molar-refractivity contribution in [3.8, 4) is 0 Å². The molecule has 18 heavy (non-hydrogen) atoms. The van der Waals surface area contributed by atoms with E-state index in [2.05, 4.69) is 0 Å². The van der Waals surface area contributed by atoms with Crippen LogP contribution in [0.4, 0.5) is 17.6 Å². The molecule has 0 spiro atoms. The van der Waals surface area contributed by atoms with E-state index in [9.17, 15) is 17.6 Å². The van der Waals surface area contributed by atoms with Gasteiger partial charge in [-0.1, -0.05) is 0 Å². The van der Waals surface area contributed by atoms with Crippen molar-refractivity contribution in [2.24, 2.45) is 11.7 Å². The van der Waals surface area contributed by atoms with Crippen LogP contribution in [0.25, 0.3) is 0 Å². The number of halogens is 4. The van der Waals surface area contributed by atoms with Gasteiger partial charge in [0.2, 0.25) is 0 Å². The van der Waals surface area contributed by atoms with E-state index in [4.69, 9.17) is 10.5 Å². The Hall–Kier alpha value is -1.14. The molecule has 100 valence electrons. The molecule has 0 amide bonds. The Morgan fingerprint density at radius 3 is 2.61 bits per heavy atom. The van der Waals surface area contributed by atoms with Crippen molar-refractivity contribution in [1.82, 2.24) is 0 Å². The molecule has 2 nitrogen and oxygen atoms in total. The first kappa shape index (κ1) is 13.3. The Morgan fingerprint density at radius 1 is 1.33 bits per heavy atom. The number of ether oxygens (including phenoxy) is 1. The fourth-order valence-electron chi connectivity index (χ4n) is 2.07. The van der Waals surface area contributed by atoms with Crippen LogP contribution < -0.4 is 5.73 Å². The maximum atomic E-state index is 13.6. The minimum absolute atomic E-state index is 0.0969. The van der Waals surface area contributed by atoms with Gasteiger partial charge < -0.3 is 10.5 Å². The summed E-state index contributed by atoms with van der Waals surface area (Å²) in [6.07, 6.45) is -3.86. The maximum absolute atomic E-state index is 13.6.